The van der Waals surface area contributed by atoms with Crippen LogP contribution in [0.25, 0.3) is 10.6 Å². The Morgan fingerprint density at radius 2 is 2.31 bits per heavy atom. The Morgan fingerprint density at radius 1 is 1.50 bits per heavy atom. The van der Waals surface area contributed by atoms with Crippen LogP contribution in [0.2, 0.25) is 0 Å². The van der Waals surface area contributed by atoms with Gasteiger partial charge in [0, 0.05) is 31.5 Å². The molecule has 0 amide bonds. The van der Waals surface area contributed by atoms with Gasteiger partial charge in [-0.1, -0.05) is 0 Å². The molecular formula is C17H20IN5O2S. The molecule has 1 unspecified atom stereocenters. The molecule has 1 fully saturated rings. The number of carbonyl (C=O) groups is 2. The van der Waals surface area contributed by atoms with Gasteiger partial charge in [-0.25, -0.2) is 9.97 Å². The summed E-state index contributed by atoms with van der Waals surface area (Å²) in [4.78, 5) is 34.6. The predicted octanol–water partition coefficient (Wildman–Crippen LogP) is 2.00. The van der Waals surface area contributed by atoms with Crippen LogP contribution in [0.5, 0.6) is 0 Å². The second kappa shape index (κ2) is 8.07. The molecule has 1 aliphatic rings. The first-order chi connectivity index (χ1) is 12.4. The summed E-state index contributed by atoms with van der Waals surface area (Å²) in [6.45, 7) is 5.84. The summed E-state index contributed by atoms with van der Waals surface area (Å²) >= 11 is 3.98. The number of aromatic nitrogens is 2. The highest BCUT2D eigenvalue weighted by atomic mass is 127. The number of rotatable bonds is 7. The average Bonchev–Trinajstić information content (AvgIpc) is 3.18. The van der Waals surface area contributed by atoms with E-state index in [0.717, 1.165) is 10.6 Å². The molecule has 9 heteroatoms. The van der Waals surface area contributed by atoms with Gasteiger partial charge in [0.1, 0.15) is 0 Å². The Kier molecular flexibility index (Phi) is 6.00. The minimum Gasteiger partial charge on any atom is -0.353 e. The van der Waals surface area contributed by atoms with Gasteiger partial charge in [-0.05, 0) is 54.6 Å². The fraction of sp³-hybridized carbons (Fsp3) is 0.412. The summed E-state index contributed by atoms with van der Waals surface area (Å²) in [5.74, 6) is 0.170. The second-order valence-corrected chi connectivity index (χ2v) is 9.51. The van der Waals surface area contributed by atoms with E-state index in [1.807, 2.05) is 19.9 Å². The van der Waals surface area contributed by atoms with Crippen LogP contribution in [0.15, 0.2) is 24.4 Å². The number of anilines is 1. The second-order valence-electron chi connectivity index (χ2n) is 6.53. The van der Waals surface area contributed by atoms with E-state index in [1.54, 1.807) is 17.5 Å². The van der Waals surface area contributed by atoms with Crippen molar-refractivity contribution >= 4 is 51.9 Å². The van der Waals surface area contributed by atoms with Crippen LogP contribution in [0.4, 0.5) is 5.95 Å². The van der Waals surface area contributed by atoms with Crippen molar-refractivity contribution in [2.45, 2.75) is 25.4 Å². The molecule has 138 valence electrons. The molecule has 0 saturated carbocycles. The van der Waals surface area contributed by atoms with Gasteiger partial charge in [-0.2, -0.15) is 0 Å². The highest BCUT2D eigenvalue weighted by Crippen LogP contribution is 2.28. The Balaban J connectivity index is 1.59. The van der Waals surface area contributed by atoms with Gasteiger partial charge in [0.05, 0.1) is 19.5 Å². The third-order valence-corrected chi connectivity index (χ3v) is 6.47. The van der Waals surface area contributed by atoms with Gasteiger partial charge < -0.3 is 5.32 Å². The van der Waals surface area contributed by atoms with Gasteiger partial charge in [0.15, 0.2) is 6.29 Å². The number of ketones is 1. The molecule has 0 spiro atoms. The van der Waals surface area contributed by atoms with E-state index < -0.39 is 17.4 Å². The number of hydrogen-bond acceptors (Lipinski definition) is 8. The summed E-state index contributed by atoms with van der Waals surface area (Å²) < 4.78 is 1.22. The molecule has 2 aromatic heterocycles. The summed E-state index contributed by atoms with van der Waals surface area (Å²) in [5.41, 5.74) is 0.478. The van der Waals surface area contributed by atoms with Crippen molar-refractivity contribution in [2.24, 2.45) is 0 Å². The monoisotopic (exact) mass is 485 g/mol. The van der Waals surface area contributed by atoms with E-state index >= 15 is 0 Å². The summed E-state index contributed by atoms with van der Waals surface area (Å²) in [7, 11) is 0. The zero-order valence-electron chi connectivity index (χ0n) is 14.5. The fourth-order valence-electron chi connectivity index (χ4n) is 3.06. The molecule has 0 radical (unpaired) electrons. The molecule has 0 aromatic carbocycles. The molecule has 26 heavy (non-hydrogen) atoms. The van der Waals surface area contributed by atoms with Crippen LogP contribution < -0.4 is 10.6 Å². The zero-order chi connectivity index (χ0) is 18.7. The molecular weight excluding hydrogens is 465 g/mol. The van der Waals surface area contributed by atoms with E-state index in [4.69, 9.17) is 0 Å². The summed E-state index contributed by atoms with van der Waals surface area (Å²) in [6, 6.07) is 5.55. The SMILES string of the molecule is CC1(C)C(C(=O)C=O)NCN1CCNc1nccc(-c2ccc(I)s2)n1. The molecule has 3 heterocycles. The largest absolute Gasteiger partial charge is 0.353 e. The Bertz CT molecular complexity index is 810. The average molecular weight is 485 g/mol. The van der Waals surface area contributed by atoms with Gasteiger partial charge >= 0.3 is 0 Å². The Hall–Kier alpha value is -1.43. The fourth-order valence-corrected chi connectivity index (χ4v) is 4.65. The van der Waals surface area contributed by atoms with E-state index in [9.17, 15) is 9.59 Å². The molecule has 1 saturated heterocycles. The van der Waals surface area contributed by atoms with Crippen molar-refractivity contribution in [3.63, 3.8) is 0 Å². The maximum absolute atomic E-state index is 11.8. The third kappa shape index (κ3) is 4.11. The third-order valence-electron chi connectivity index (χ3n) is 4.55. The van der Waals surface area contributed by atoms with Crippen molar-refractivity contribution in [3.8, 4) is 10.6 Å². The van der Waals surface area contributed by atoms with Gasteiger partial charge in [0.25, 0.3) is 0 Å². The van der Waals surface area contributed by atoms with Crippen LogP contribution in [-0.4, -0.2) is 58.3 Å². The zero-order valence-corrected chi connectivity index (χ0v) is 17.5. The van der Waals surface area contributed by atoms with Crippen LogP contribution in [-0.2, 0) is 9.59 Å². The summed E-state index contributed by atoms with van der Waals surface area (Å²) in [5, 5.41) is 6.36. The first-order valence-electron chi connectivity index (χ1n) is 8.22. The lowest BCUT2D eigenvalue weighted by Crippen LogP contribution is -2.51. The number of aldehydes is 1. The molecule has 0 aliphatic carbocycles. The first-order valence-corrected chi connectivity index (χ1v) is 10.1. The van der Waals surface area contributed by atoms with Crippen LogP contribution in [0.3, 0.4) is 0 Å². The van der Waals surface area contributed by atoms with Gasteiger partial charge in [-0.3, -0.25) is 19.8 Å². The van der Waals surface area contributed by atoms with Crippen LogP contribution in [0.1, 0.15) is 13.8 Å². The van der Waals surface area contributed by atoms with Crippen molar-refractivity contribution < 1.29 is 9.59 Å². The first kappa shape index (κ1) is 19.3. The highest BCUT2D eigenvalue weighted by Gasteiger charge is 2.44. The smallest absolute Gasteiger partial charge is 0.223 e. The number of nitrogens with zero attached hydrogens (tertiary/aromatic N) is 3. The van der Waals surface area contributed by atoms with Gasteiger partial charge in [0.2, 0.25) is 11.7 Å². The van der Waals surface area contributed by atoms with Crippen LogP contribution >= 0.6 is 33.9 Å². The lowest BCUT2D eigenvalue weighted by molar-refractivity contribution is -0.132. The number of Topliss-reactive ketones (excluding diaryl/α,β-unsaturated/α-hetero) is 1. The molecule has 7 nitrogen and oxygen atoms in total. The molecule has 3 rings (SSSR count). The highest BCUT2D eigenvalue weighted by molar-refractivity contribution is 14.1. The van der Waals surface area contributed by atoms with E-state index in [0.29, 0.717) is 32.0 Å². The number of halogens is 1. The maximum Gasteiger partial charge on any atom is 0.223 e. The molecule has 1 aliphatic heterocycles. The van der Waals surface area contributed by atoms with E-state index in [-0.39, 0.29) is 0 Å². The molecule has 2 aromatic rings. The quantitative estimate of drug-likeness (QED) is 0.353. The van der Waals surface area contributed by atoms with Gasteiger partial charge in [-0.15, -0.1) is 11.3 Å². The number of thiophene rings is 1. The maximum atomic E-state index is 11.8. The number of carbonyl (C=O) groups excluding carboxylic acids is 2. The summed E-state index contributed by atoms with van der Waals surface area (Å²) in [6.07, 6.45) is 2.14. The van der Waals surface area contributed by atoms with Crippen molar-refractivity contribution in [1.29, 1.82) is 0 Å². The minimum atomic E-state index is -0.471. The molecule has 0 bridgehead atoms. The number of nitrogens with one attached hydrogen (secondary N) is 2. The normalized spacial score (nSPS) is 19.4. The van der Waals surface area contributed by atoms with E-state index in [2.05, 4.69) is 60.2 Å². The molecule has 1 atom stereocenters. The molecule has 2 N–H and O–H groups in total. The lowest BCUT2D eigenvalue weighted by Gasteiger charge is -2.33. The predicted molar refractivity (Wildman–Crippen MR) is 110 cm³/mol. The van der Waals surface area contributed by atoms with E-state index in [1.165, 1.54) is 2.88 Å². The Labute approximate surface area is 169 Å². The topological polar surface area (TPSA) is 87.2 Å². The minimum absolute atomic E-state index is 0.395. The Morgan fingerprint density at radius 3 is 3.00 bits per heavy atom. The van der Waals surface area contributed by atoms with Crippen molar-refractivity contribution in [1.82, 2.24) is 20.2 Å². The number of hydrogen-bond donors (Lipinski definition) is 2. The van der Waals surface area contributed by atoms with Crippen molar-refractivity contribution in [3.05, 3.63) is 27.3 Å². The van der Waals surface area contributed by atoms with Crippen LogP contribution in [0, 0.1) is 2.88 Å². The standard InChI is InChI=1S/C17H20IN5O2S/c1-17(2)15(12(25)9-24)21-10-23(17)8-7-20-16-19-6-5-11(22-16)13-3-4-14(18)26-13/h3-6,9,15,21H,7-8,10H2,1-2H3,(H,19,20,22). The van der Waals surface area contributed by atoms with Crippen molar-refractivity contribution in [2.75, 3.05) is 25.1 Å². The lowest BCUT2D eigenvalue weighted by atomic mass is 9.92.